The van der Waals surface area contributed by atoms with Crippen LogP contribution in [0.5, 0.6) is 0 Å². The largest absolute Gasteiger partial charge is 0.292 e. The van der Waals surface area contributed by atoms with Gasteiger partial charge in [-0.15, -0.1) is 0 Å². The fourth-order valence-corrected chi connectivity index (χ4v) is 8.78. The highest BCUT2D eigenvalue weighted by molar-refractivity contribution is 6.11. The van der Waals surface area contributed by atoms with Crippen molar-refractivity contribution in [2.24, 2.45) is 0 Å². The number of rotatable bonds is 5. The Kier molecular flexibility index (Phi) is 6.79. The minimum Gasteiger partial charge on any atom is -0.292 e. The van der Waals surface area contributed by atoms with Crippen LogP contribution in [-0.4, -0.2) is 33.6 Å². The smallest absolute Gasteiger partial charge is 0.235 e. The average molecular weight is 730 g/mol. The molecule has 0 aliphatic rings. The molecule has 6 aromatic carbocycles. The van der Waals surface area contributed by atoms with E-state index in [4.69, 9.17) is 19.9 Å². The molecule has 12 rings (SSSR count). The quantitative estimate of drug-likeness (QED) is 0.177. The van der Waals surface area contributed by atoms with Gasteiger partial charge in [0.2, 0.25) is 5.95 Å². The van der Waals surface area contributed by atoms with Gasteiger partial charge in [0, 0.05) is 55.8 Å². The van der Waals surface area contributed by atoms with E-state index in [9.17, 15) is 0 Å². The third-order valence-electron chi connectivity index (χ3n) is 11.2. The van der Waals surface area contributed by atoms with E-state index in [1.54, 1.807) is 0 Å². The molecule has 0 N–H and O–H groups in total. The maximum absolute atomic E-state index is 5.54. The molecular formula is C50H31N7. The van der Waals surface area contributed by atoms with Crippen LogP contribution in [0.3, 0.4) is 0 Å². The molecule has 0 bridgehead atoms. The van der Waals surface area contributed by atoms with Crippen molar-refractivity contribution >= 4 is 65.7 Å². The van der Waals surface area contributed by atoms with E-state index in [1.807, 2.05) is 30.6 Å². The maximum atomic E-state index is 5.54. The topological polar surface area (TPSA) is 66.3 Å². The van der Waals surface area contributed by atoms with E-state index in [-0.39, 0.29) is 0 Å². The normalized spacial score (nSPS) is 11.9. The van der Waals surface area contributed by atoms with Crippen molar-refractivity contribution in [3.8, 4) is 39.8 Å². The molecule has 57 heavy (non-hydrogen) atoms. The predicted molar refractivity (Wildman–Crippen MR) is 232 cm³/mol. The molecule has 0 spiro atoms. The molecule has 7 nitrogen and oxygen atoms in total. The van der Waals surface area contributed by atoms with Gasteiger partial charge in [-0.1, -0.05) is 115 Å². The molecule has 0 aliphatic heterocycles. The van der Waals surface area contributed by atoms with Crippen molar-refractivity contribution in [1.82, 2.24) is 33.6 Å². The van der Waals surface area contributed by atoms with Crippen molar-refractivity contribution in [3.05, 3.63) is 188 Å². The van der Waals surface area contributed by atoms with Gasteiger partial charge in [-0.05, 0) is 60.7 Å². The van der Waals surface area contributed by atoms with Crippen LogP contribution in [0, 0.1) is 0 Å². The van der Waals surface area contributed by atoms with Crippen molar-refractivity contribution in [1.29, 1.82) is 0 Å². The van der Waals surface area contributed by atoms with Gasteiger partial charge in [0.15, 0.2) is 0 Å². The molecule has 0 saturated heterocycles. The maximum Gasteiger partial charge on any atom is 0.235 e. The van der Waals surface area contributed by atoms with Gasteiger partial charge in [0.05, 0.1) is 44.8 Å². The fourth-order valence-electron chi connectivity index (χ4n) is 8.78. The third-order valence-corrected chi connectivity index (χ3v) is 11.2. The van der Waals surface area contributed by atoms with Crippen LogP contribution in [0.2, 0.25) is 0 Å². The fraction of sp³-hybridized carbons (Fsp3) is 0. The minimum absolute atomic E-state index is 0.596. The first-order valence-electron chi connectivity index (χ1n) is 19.1. The van der Waals surface area contributed by atoms with Crippen LogP contribution < -0.4 is 0 Å². The van der Waals surface area contributed by atoms with Crippen molar-refractivity contribution in [2.75, 3.05) is 0 Å². The molecule has 0 amide bonds. The number of hydrogen-bond acceptors (Lipinski definition) is 4. The van der Waals surface area contributed by atoms with Crippen LogP contribution in [0.25, 0.3) is 106 Å². The van der Waals surface area contributed by atoms with Crippen molar-refractivity contribution < 1.29 is 0 Å². The first-order chi connectivity index (χ1) is 28.3. The van der Waals surface area contributed by atoms with Gasteiger partial charge >= 0.3 is 0 Å². The molecule has 6 heterocycles. The number of fused-ring (bicyclic) bond motifs is 9. The molecule has 266 valence electrons. The lowest BCUT2D eigenvalue weighted by Crippen LogP contribution is -2.08. The summed E-state index contributed by atoms with van der Waals surface area (Å²) in [5, 5.41) is 6.74. The summed E-state index contributed by atoms with van der Waals surface area (Å²) in [6, 6.07) is 61.4. The van der Waals surface area contributed by atoms with E-state index in [1.165, 1.54) is 0 Å². The molecule has 6 aromatic heterocycles. The number of pyridine rings is 2. The summed E-state index contributed by atoms with van der Waals surface area (Å²) >= 11 is 0. The van der Waals surface area contributed by atoms with E-state index < -0.39 is 0 Å². The van der Waals surface area contributed by atoms with Crippen molar-refractivity contribution in [2.45, 2.75) is 0 Å². The summed E-state index contributed by atoms with van der Waals surface area (Å²) < 4.78 is 6.80. The first kappa shape index (κ1) is 31.5. The van der Waals surface area contributed by atoms with Gasteiger partial charge in [0.25, 0.3) is 0 Å². The summed E-state index contributed by atoms with van der Waals surface area (Å²) in [5.41, 5.74) is 11.4. The monoisotopic (exact) mass is 729 g/mol. The second-order valence-corrected chi connectivity index (χ2v) is 14.3. The second-order valence-electron chi connectivity index (χ2n) is 14.3. The van der Waals surface area contributed by atoms with Crippen LogP contribution in [0.1, 0.15) is 0 Å². The zero-order valence-corrected chi connectivity index (χ0v) is 30.5. The predicted octanol–water partition coefficient (Wildman–Crippen LogP) is 11.9. The molecule has 0 saturated carbocycles. The zero-order valence-electron chi connectivity index (χ0n) is 30.5. The number of benzene rings is 6. The van der Waals surface area contributed by atoms with E-state index >= 15 is 0 Å². The highest BCUT2D eigenvalue weighted by atomic mass is 15.2. The van der Waals surface area contributed by atoms with Gasteiger partial charge in [-0.25, -0.2) is 19.9 Å². The Hall–Kier alpha value is -7.90. The number of aromatic nitrogens is 7. The van der Waals surface area contributed by atoms with Gasteiger partial charge in [-0.2, -0.15) is 0 Å². The van der Waals surface area contributed by atoms with Crippen LogP contribution in [0.15, 0.2) is 188 Å². The van der Waals surface area contributed by atoms with Gasteiger partial charge in [-0.3, -0.25) is 13.7 Å². The molecule has 12 aromatic rings. The molecule has 7 heteroatoms. The summed E-state index contributed by atoms with van der Waals surface area (Å²) in [7, 11) is 0. The molecular weight excluding hydrogens is 699 g/mol. The Morgan fingerprint density at radius 2 is 0.825 bits per heavy atom. The number of hydrogen-bond donors (Lipinski definition) is 0. The minimum atomic E-state index is 0.596. The lowest BCUT2D eigenvalue weighted by Gasteiger charge is -2.20. The van der Waals surface area contributed by atoms with Gasteiger partial charge < -0.3 is 0 Å². The summed E-state index contributed by atoms with van der Waals surface area (Å²) in [6.07, 6.45) is 3.75. The Labute approximate surface area is 326 Å². The highest BCUT2D eigenvalue weighted by Crippen LogP contribution is 2.42. The van der Waals surface area contributed by atoms with Crippen LogP contribution in [0.4, 0.5) is 0 Å². The summed E-state index contributed by atoms with van der Waals surface area (Å²) in [4.78, 5) is 21.0. The molecule has 0 unspecified atom stereocenters. The molecule has 0 fully saturated rings. The van der Waals surface area contributed by atoms with E-state index in [2.05, 4.69) is 171 Å². The number of nitrogens with zero attached hydrogens (tertiary/aromatic N) is 7. The van der Waals surface area contributed by atoms with E-state index in [0.29, 0.717) is 5.95 Å². The first-order valence-corrected chi connectivity index (χ1v) is 19.1. The average Bonchev–Trinajstić information content (AvgIpc) is 3.92. The Bertz CT molecular complexity index is 3380. The zero-order chi connectivity index (χ0) is 37.5. The van der Waals surface area contributed by atoms with E-state index in [0.717, 1.165) is 99.6 Å². The summed E-state index contributed by atoms with van der Waals surface area (Å²) in [6.45, 7) is 0. The lowest BCUT2D eigenvalue weighted by atomic mass is 10.0. The van der Waals surface area contributed by atoms with Crippen LogP contribution in [-0.2, 0) is 0 Å². The molecule has 0 atom stereocenters. The third kappa shape index (κ3) is 4.66. The molecule has 0 radical (unpaired) electrons. The molecule has 0 aliphatic carbocycles. The Morgan fingerprint density at radius 1 is 0.351 bits per heavy atom. The number of para-hydroxylation sites is 5. The van der Waals surface area contributed by atoms with Crippen molar-refractivity contribution in [3.63, 3.8) is 0 Å². The summed E-state index contributed by atoms with van der Waals surface area (Å²) in [5.74, 6) is 0.596. The van der Waals surface area contributed by atoms with Crippen LogP contribution >= 0.6 is 0 Å². The standard InChI is InChI=1S/C50H31N7/c1-2-15-32(16-3-1)40-31-41(54-50(53-40)56-43-25-9-4-17-33(43)34-18-5-10-26-44(34)56)39-21-12-28-46(55-42-24-8-6-19-35(42)37-22-13-29-51-48(37)55)47(39)57-45-27-11-7-20-36(45)38-23-14-30-52-49(38)57/h1-31H. The second kappa shape index (κ2) is 12.3. The lowest BCUT2D eigenvalue weighted by molar-refractivity contribution is 0.992. The Morgan fingerprint density at radius 3 is 1.44 bits per heavy atom. The van der Waals surface area contributed by atoms with Gasteiger partial charge in [0.1, 0.15) is 11.3 Å². The SMILES string of the molecule is c1ccc(-c2cc(-c3cccc(-n4c5ccccc5c5cccnc54)c3-n3c4ccccc4c4cccnc43)nc(-n3c4ccccc4c4ccccc43)n2)cc1. The highest BCUT2D eigenvalue weighted by Gasteiger charge is 2.25. The Balaban J connectivity index is 1.25.